The first kappa shape index (κ1) is 36.5. The molecule has 3 amide bonds. The lowest BCUT2D eigenvalue weighted by Crippen LogP contribution is -2.53. The first-order chi connectivity index (χ1) is 19.6. The maximum absolute atomic E-state index is 14.3. The molecule has 8 heteroatoms. The molecule has 1 aromatic rings. The second kappa shape index (κ2) is 20.4. The molecule has 232 valence electrons. The Balaban J connectivity index is 3.43. The van der Waals surface area contributed by atoms with Crippen LogP contribution in [0, 0.1) is 0 Å². The number of ether oxygens (including phenoxy) is 1. The SMILES string of the molecule is C=Cc1cccc(C(C(=O)NCCCCC)N(CCCCCCCC)C(=O)C(CCSC)NC(=O)OC(C)(C)C)c1. The number of rotatable bonds is 20. The van der Waals surface area contributed by atoms with Gasteiger partial charge in [0.1, 0.15) is 17.7 Å². The maximum Gasteiger partial charge on any atom is 0.408 e. The number of nitrogens with one attached hydrogen (secondary N) is 2. The fourth-order valence-corrected chi connectivity index (χ4v) is 5.06. The average molecular weight is 590 g/mol. The minimum absolute atomic E-state index is 0.206. The van der Waals surface area contributed by atoms with Crippen LogP contribution in [0.5, 0.6) is 0 Å². The Morgan fingerprint density at radius 1 is 1.02 bits per heavy atom. The molecule has 0 saturated heterocycles. The Labute approximate surface area is 253 Å². The van der Waals surface area contributed by atoms with E-state index < -0.39 is 23.8 Å². The van der Waals surface area contributed by atoms with Crippen molar-refractivity contribution in [3.63, 3.8) is 0 Å². The fourth-order valence-electron chi connectivity index (χ4n) is 4.58. The van der Waals surface area contributed by atoms with Crippen LogP contribution in [0.15, 0.2) is 30.8 Å². The third kappa shape index (κ3) is 14.8. The van der Waals surface area contributed by atoms with Gasteiger partial charge in [0.15, 0.2) is 0 Å². The van der Waals surface area contributed by atoms with Crippen molar-refractivity contribution in [1.82, 2.24) is 15.5 Å². The second-order valence-corrected chi connectivity index (χ2v) is 12.5. The predicted octanol–water partition coefficient (Wildman–Crippen LogP) is 7.51. The number of hydrogen-bond donors (Lipinski definition) is 2. The van der Waals surface area contributed by atoms with Crippen LogP contribution in [-0.2, 0) is 14.3 Å². The molecule has 2 unspecified atom stereocenters. The zero-order valence-corrected chi connectivity index (χ0v) is 27.2. The fraction of sp³-hybridized carbons (Fsp3) is 0.667. The number of nitrogens with zero attached hydrogens (tertiary/aromatic N) is 1. The van der Waals surface area contributed by atoms with Crippen LogP contribution in [0.25, 0.3) is 6.08 Å². The van der Waals surface area contributed by atoms with E-state index in [1.807, 2.05) is 30.5 Å². The van der Waals surface area contributed by atoms with Crippen LogP contribution in [0.1, 0.15) is 116 Å². The Morgan fingerprint density at radius 2 is 1.68 bits per heavy atom. The van der Waals surface area contributed by atoms with E-state index in [1.54, 1.807) is 43.5 Å². The van der Waals surface area contributed by atoms with Gasteiger partial charge in [-0.25, -0.2) is 4.79 Å². The highest BCUT2D eigenvalue weighted by molar-refractivity contribution is 7.98. The van der Waals surface area contributed by atoms with E-state index in [9.17, 15) is 14.4 Å². The summed E-state index contributed by atoms with van der Waals surface area (Å²) in [7, 11) is 0. The molecule has 0 aromatic heterocycles. The van der Waals surface area contributed by atoms with E-state index in [0.717, 1.165) is 62.5 Å². The summed E-state index contributed by atoms with van der Waals surface area (Å²) < 4.78 is 5.50. The van der Waals surface area contributed by atoms with Gasteiger partial charge in [0.25, 0.3) is 0 Å². The Kier molecular flexibility index (Phi) is 18.2. The number of thioether (sulfide) groups is 1. The average Bonchev–Trinajstić information content (AvgIpc) is 2.93. The van der Waals surface area contributed by atoms with Crippen LogP contribution in [0.3, 0.4) is 0 Å². The van der Waals surface area contributed by atoms with E-state index in [-0.39, 0.29) is 11.8 Å². The van der Waals surface area contributed by atoms with E-state index in [4.69, 9.17) is 4.74 Å². The lowest BCUT2D eigenvalue weighted by Gasteiger charge is -2.35. The van der Waals surface area contributed by atoms with Gasteiger partial charge in [0.05, 0.1) is 0 Å². The molecule has 7 nitrogen and oxygen atoms in total. The van der Waals surface area contributed by atoms with Crippen molar-refractivity contribution in [2.24, 2.45) is 0 Å². The molecule has 0 heterocycles. The summed E-state index contributed by atoms with van der Waals surface area (Å²) in [6.07, 6.45) is 12.8. The molecule has 1 aromatic carbocycles. The molecule has 2 atom stereocenters. The molecule has 0 spiro atoms. The molecular weight excluding hydrogens is 534 g/mol. The summed E-state index contributed by atoms with van der Waals surface area (Å²) in [5, 5.41) is 5.91. The second-order valence-electron chi connectivity index (χ2n) is 11.6. The number of carbonyl (C=O) groups excluding carboxylic acids is 3. The first-order valence-corrected chi connectivity index (χ1v) is 16.8. The summed E-state index contributed by atoms with van der Waals surface area (Å²) >= 11 is 1.61. The standard InChI is InChI=1S/C33H55N3O4S/c1-8-11-13-14-15-17-23-36(31(38)28(21-24-41-7)35-32(39)40-33(4,5)6)29(30(37)34-22-16-12-9-2)27-20-18-19-26(10-3)25-27/h10,18-20,25,28-29H,3,8-9,11-17,21-24H2,1-2,4-7H3,(H,34,37)(H,35,39). The van der Waals surface area contributed by atoms with Crippen LogP contribution in [0.2, 0.25) is 0 Å². The van der Waals surface area contributed by atoms with Crippen molar-refractivity contribution in [2.45, 2.75) is 117 Å². The predicted molar refractivity (Wildman–Crippen MR) is 173 cm³/mol. The van der Waals surface area contributed by atoms with Gasteiger partial charge in [-0.2, -0.15) is 11.8 Å². The van der Waals surface area contributed by atoms with Crippen LogP contribution in [-0.4, -0.2) is 59.5 Å². The van der Waals surface area contributed by atoms with Gasteiger partial charge in [-0.3, -0.25) is 9.59 Å². The smallest absolute Gasteiger partial charge is 0.408 e. The summed E-state index contributed by atoms with van der Waals surface area (Å²) in [6.45, 7) is 14.6. The van der Waals surface area contributed by atoms with Gasteiger partial charge in [0.2, 0.25) is 11.8 Å². The zero-order chi connectivity index (χ0) is 30.7. The van der Waals surface area contributed by atoms with Crippen molar-refractivity contribution in [2.75, 3.05) is 25.1 Å². The summed E-state index contributed by atoms with van der Waals surface area (Å²) in [4.78, 5) is 42.6. The lowest BCUT2D eigenvalue weighted by atomic mass is 9.99. The van der Waals surface area contributed by atoms with Crippen molar-refractivity contribution < 1.29 is 19.1 Å². The molecule has 0 aliphatic heterocycles. The third-order valence-electron chi connectivity index (χ3n) is 6.74. The van der Waals surface area contributed by atoms with E-state index >= 15 is 0 Å². The highest BCUT2D eigenvalue weighted by Crippen LogP contribution is 2.26. The van der Waals surface area contributed by atoms with Crippen molar-refractivity contribution >= 4 is 35.7 Å². The van der Waals surface area contributed by atoms with Gasteiger partial charge in [0, 0.05) is 13.1 Å². The van der Waals surface area contributed by atoms with Crippen LogP contribution in [0.4, 0.5) is 4.79 Å². The molecular formula is C33H55N3O4S. The molecule has 0 fully saturated rings. The first-order valence-electron chi connectivity index (χ1n) is 15.4. The van der Waals surface area contributed by atoms with Gasteiger partial charge in [-0.15, -0.1) is 0 Å². The van der Waals surface area contributed by atoms with Crippen LogP contribution >= 0.6 is 11.8 Å². The summed E-state index contributed by atoms with van der Waals surface area (Å²) in [5.74, 6) is 0.204. The van der Waals surface area contributed by atoms with Crippen molar-refractivity contribution in [3.8, 4) is 0 Å². The van der Waals surface area contributed by atoms with Crippen molar-refractivity contribution in [3.05, 3.63) is 42.0 Å². The topological polar surface area (TPSA) is 87.7 Å². The van der Waals surface area contributed by atoms with Gasteiger partial charge in [-0.05, 0) is 69.2 Å². The van der Waals surface area contributed by atoms with Gasteiger partial charge in [-0.1, -0.05) is 89.6 Å². The van der Waals surface area contributed by atoms with Crippen molar-refractivity contribution in [1.29, 1.82) is 0 Å². The molecule has 0 bridgehead atoms. The molecule has 0 saturated carbocycles. The van der Waals surface area contributed by atoms with Crippen LogP contribution < -0.4 is 10.6 Å². The number of hydrogen-bond acceptors (Lipinski definition) is 5. The Morgan fingerprint density at radius 3 is 2.32 bits per heavy atom. The third-order valence-corrected chi connectivity index (χ3v) is 7.38. The number of amides is 3. The minimum Gasteiger partial charge on any atom is -0.444 e. The maximum atomic E-state index is 14.3. The molecule has 0 radical (unpaired) electrons. The monoisotopic (exact) mass is 589 g/mol. The highest BCUT2D eigenvalue weighted by atomic mass is 32.2. The van der Waals surface area contributed by atoms with Gasteiger partial charge < -0.3 is 20.3 Å². The Bertz CT molecular complexity index is 931. The molecule has 0 aliphatic carbocycles. The minimum atomic E-state index is -0.822. The van der Waals surface area contributed by atoms with E-state index in [1.165, 1.54) is 6.42 Å². The molecule has 0 aliphatic rings. The van der Waals surface area contributed by atoms with Gasteiger partial charge >= 0.3 is 6.09 Å². The Hall–Kier alpha value is -2.48. The normalized spacial score (nSPS) is 12.7. The lowest BCUT2D eigenvalue weighted by molar-refractivity contribution is -0.142. The van der Waals surface area contributed by atoms with E-state index in [0.29, 0.717) is 25.3 Å². The number of unbranched alkanes of at least 4 members (excludes halogenated alkanes) is 7. The number of carbonyl (C=O) groups is 3. The quantitative estimate of drug-likeness (QED) is 0.154. The number of benzene rings is 1. The molecule has 41 heavy (non-hydrogen) atoms. The summed E-state index contributed by atoms with van der Waals surface area (Å²) in [5.41, 5.74) is 0.918. The summed E-state index contributed by atoms with van der Waals surface area (Å²) in [6, 6.07) is 6.00. The number of alkyl carbamates (subject to hydrolysis) is 1. The van der Waals surface area contributed by atoms with E-state index in [2.05, 4.69) is 31.1 Å². The largest absolute Gasteiger partial charge is 0.444 e. The highest BCUT2D eigenvalue weighted by Gasteiger charge is 2.36. The molecule has 2 N–H and O–H groups in total. The molecule has 1 rings (SSSR count). The zero-order valence-electron chi connectivity index (χ0n) is 26.4.